The number of ether oxygens (including phenoxy) is 1. The Hall–Kier alpha value is -0.400. The third kappa shape index (κ3) is 3.29. The Morgan fingerprint density at radius 3 is 2.06 bits per heavy atom. The highest BCUT2D eigenvalue weighted by atomic mass is 35.5. The van der Waals surface area contributed by atoms with Crippen molar-refractivity contribution in [1.29, 1.82) is 0 Å². The Labute approximate surface area is 102 Å². The quantitative estimate of drug-likeness (QED) is 0.684. The van der Waals surface area contributed by atoms with Gasteiger partial charge < -0.3 is 0 Å². The monoisotopic (exact) mass is 300 g/mol. The van der Waals surface area contributed by atoms with Crippen molar-refractivity contribution in [2.75, 3.05) is 0 Å². The molecule has 0 bridgehead atoms. The van der Waals surface area contributed by atoms with E-state index in [4.69, 9.17) is 23.2 Å². The third-order valence-corrected chi connectivity index (χ3v) is 2.53. The van der Waals surface area contributed by atoms with Gasteiger partial charge in [-0.1, -0.05) is 29.3 Å². The standard InChI is InChI=1S/C8H4Cl2F6O/c9-4-1-2-6(11,3-5(4)10)17-8(15,16)7(12,13)14/h1,3H,2H2. The van der Waals surface area contributed by atoms with Crippen LogP contribution >= 0.6 is 23.2 Å². The van der Waals surface area contributed by atoms with Gasteiger partial charge in [0.05, 0.1) is 10.1 Å². The van der Waals surface area contributed by atoms with Crippen LogP contribution in [0.4, 0.5) is 26.3 Å². The molecule has 1 unspecified atom stereocenters. The van der Waals surface area contributed by atoms with Crippen molar-refractivity contribution in [1.82, 2.24) is 0 Å². The van der Waals surface area contributed by atoms with Crippen LogP contribution in [-0.4, -0.2) is 18.1 Å². The molecule has 0 saturated heterocycles. The molecule has 1 aliphatic carbocycles. The van der Waals surface area contributed by atoms with Crippen LogP contribution in [0.2, 0.25) is 0 Å². The van der Waals surface area contributed by atoms with Gasteiger partial charge in [0.2, 0.25) is 5.85 Å². The number of hydrogen-bond acceptors (Lipinski definition) is 1. The van der Waals surface area contributed by atoms with Gasteiger partial charge in [-0.3, -0.25) is 4.74 Å². The minimum Gasteiger partial charge on any atom is -0.271 e. The summed E-state index contributed by atoms with van der Waals surface area (Å²) in [6.45, 7) is 0. The molecule has 0 aromatic carbocycles. The van der Waals surface area contributed by atoms with Crippen LogP contribution in [0.15, 0.2) is 22.2 Å². The molecule has 17 heavy (non-hydrogen) atoms. The molecule has 1 rings (SSSR count). The number of alkyl halides is 6. The third-order valence-electron chi connectivity index (χ3n) is 1.76. The van der Waals surface area contributed by atoms with Crippen molar-refractivity contribution >= 4 is 23.2 Å². The Bertz CT molecular complexity index is 375. The lowest BCUT2D eigenvalue weighted by Crippen LogP contribution is -2.45. The second-order valence-electron chi connectivity index (χ2n) is 3.15. The van der Waals surface area contributed by atoms with Crippen LogP contribution in [0, 0.1) is 0 Å². The number of halogens is 8. The Kier molecular flexibility index (Phi) is 3.76. The molecule has 0 fully saturated rings. The van der Waals surface area contributed by atoms with Gasteiger partial charge in [0.1, 0.15) is 0 Å². The molecule has 9 heteroatoms. The molecule has 0 radical (unpaired) electrons. The fourth-order valence-electron chi connectivity index (χ4n) is 0.985. The number of rotatable bonds is 2. The zero-order chi connectivity index (χ0) is 13.5. The van der Waals surface area contributed by atoms with Gasteiger partial charge in [0, 0.05) is 12.5 Å². The van der Waals surface area contributed by atoms with Crippen molar-refractivity contribution in [2.24, 2.45) is 0 Å². The van der Waals surface area contributed by atoms with E-state index in [9.17, 15) is 26.3 Å². The van der Waals surface area contributed by atoms with E-state index in [1.807, 2.05) is 0 Å². The predicted molar refractivity (Wildman–Crippen MR) is 48.4 cm³/mol. The largest absolute Gasteiger partial charge is 0.483 e. The summed E-state index contributed by atoms with van der Waals surface area (Å²) in [4.78, 5) is 0. The van der Waals surface area contributed by atoms with E-state index in [-0.39, 0.29) is 11.1 Å². The lowest BCUT2D eigenvalue weighted by atomic mass is 10.1. The van der Waals surface area contributed by atoms with Crippen LogP contribution in [0.3, 0.4) is 0 Å². The summed E-state index contributed by atoms with van der Waals surface area (Å²) in [6, 6.07) is 0. The highest BCUT2D eigenvalue weighted by Crippen LogP contribution is 2.43. The van der Waals surface area contributed by atoms with Gasteiger partial charge in [-0.05, 0) is 0 Å². The van der Waals surface area contributed by atoms with Crippen molar-refractivity contribution in [3.05, 3.63) is 22.2 Å². The summed E-state index contributed by atoms with van der Waals surface area (Å²) >= 11 is 10.7. The maximum atomic E-state index is 13.6. The van der Waals surface area contributed by atoms with E-state index < -0.39 is 29.6 Å². The topological polar surface area (TPSA) is 9.23 Å². The van der Waals surface area contributed by atoms with Gasteiger partial charge in [-0.2, -0.15) is 22.0 Å². The average Bonchev–Trinajstić information content (AvgIpc) is 2.09. The van der Waals surface area contributed by atoms with Gasteiger partial charge in [-0.25, -0.2) is 4.39 Å². The first-order valence-electron chi connectivity index (χ1n) is 4.05. The van der Waals surface area contributed by atoms with Crippen molar-refractivity contribution in [3.8, 4) is 0 Å². The van der Waals surface area contributed by atoms with Crippen LogP contribution < -0.4 is 0 Å². The zero-order valence-electron chi connectivity index (χ0n) is 7.79. The van der Waals surface area contributed by atoms with E-state index in [1.54, 1.807) is 0 Å². The second-order valence-corrected chi connectivity index (χ2v) is 3.97. The molecule has 1 atom stereocenters. The maximum absolute atomic E-state index is 13.6. The molecule has 1 nitrogen and oxygen atoms in total. The van der Waals surface area contributed by atoms with Gasteiger partial charge in [0.25, 0.3) is 0 Å². The first kappa shape index (κ1) is 14.7. The van der Waals surface area contributed by atoms with E-state index in [0.717, 1.165) is 6.08 Å². The molecule has 1 aliphatic rings. The molecular weight excluding hydrogens is 297 g/mol. The fraction of sp³-hybridized carbons (Fsp3) is 0.500. The Morgan fingerprint density at radius 2 is 1.65 bits per heavy atom. The molecular formula is C8H4Cl2F6O. The van der Waals surface area contributed by atoms with E-state index in [2.05, 4.69) is 4.74 Å². The number of allylic oxidation sites excluding steroid dienone is 2. The first-order chi connectivity index (χ1) is 7.47. The first-order valence-corrected chi connectivity index (χ1v) is 4.80. The van der Waals surface area contributed by atoms with Crippen LogP contribution in [-0.2, 0) is 4.74 Å². The minimum absolute atomic E-state index is 0.154. The van der Waals surface area contributed by atoms with E-state index in [0.29, 0.717) is 0 Å². The predicted octanol–water partition coefficient (Wildman–Crippen LogP) is 4.47. The molecule has 0 aromatic rings. The summed E-state index contributed by atoms with van der Waals surface area (Å²) in [6.07, 6.45) is -11.4. The van der Waals surface area contributed by atoms with Gasteiger partial charge >= 0.3 is 12.3 Å². The zero-order valence-corrected chi connectivity index (χ0v) is 9.31. The smallest absolute Gasteiger partial charge is 0.271 e. The van der Waals surface area contributed by atoms with Crippen LogP contribution in [0.5, 0.6) is 0 Å². The van der Waals surface area contributed by atoms with E-state index >= 15 is 0 Å². The van der Waals surface area contributed by atoms with Crippen molar-refractivity contribution < 1.29 is 31.1 Å². The molecule has 0 spiro atoms. The van der Waals surface area contributed by atoms with Gasteiger partial charge in [0.15, 0.2) is 0 Å². The lowest BCUT2D eigenvalue weighted by molar-refractivity contribution is -0.426. The van der Waals surface area contributed by atoms with Crippen LogP contribution in [0.1, 0.15) is 6.42 Å². The lowest BCUT2D eigenvalue weighted by Gasteiger charge is -2.29. The Balaban J connectivity index is 2.90. The van der Waals surface area contributed by atoms with Gasteiger partial charge in [-0.15, -0.1) is 0 Å². The molecule has 0 saturated carbocycles. The molecule has 0 aromatic heterocycles. The molecule has 0 aliphatic heterocycles. The summed E-state index contributed by atoms with van der Waals surface area (Å²) in [5.74, 6) is -3.35. The molecule has 0 heterocycles. The Morgan fingerprint density at radius 1 is 1.12 bits per heavy atom. The molecule has 0 N–H and O–H groups in total. The maximum Gasteiger partial charge on any atom is 0.483 e. The minimum atomic E-state index is -6.02. The highest BCUT2D eigenvalue weighted by molar-refractivity contribution is 6.44. The SMILES string of the molecule is FC1(OC(F)(F)C(F)(F)F)C=C(Cl)C(Cl)=CC1. The fourth-order valence-corrected chi connectivity index (χ4v) is 1.36. The summed E-state index contributed by atoms with van der Waals surface area (Å²) < 4.78 is 77.0. The second kappa shape index (κ2) is 4.37. The van der Waals surface area contributed by atoms with Crippen LogP contribution in [0.25, 0.3) is 0 Å². The van der Waals surface area contributed by atoms with E-state index in [1.165, 1.54) is 0 Å². The molecule has 0 amide bonds. The highest BCUT2D eigenvalue weighted by Gasteiger charge is 2.63. The normalized spacial score (nSPS) is 26.6. The number of hydrogen-bond donors (Lipinski definition) is 0. The summed E-state index contributed by atoms with van der Waals surface area (Å²) in [5, 5.41) is -0.655. The average molecular weight is 301 g/mol. The summed E-state index contributed by atoms with van der Waals surface area (Å²) in [5.41, 5.74) is 0. The van der Waals surface area contributed by atoms with Crippen molar-refractivity contribution in [2.45, 2.75) is 24.6 Å². The van der Waals surface area contributed by atoms with Crippen molar-refractivity contribution in [3.63, 3.8) is 0 Å². The summed E-state index contributed by atoms with van der Waals surface area (Å²) in [7, 11) is 0. The molecule has 98 valence electrons.